The van der Waals surface area contributed by atoms with E-state index in [1.54, 1.807) is 0 Å². The molecule has 2 aliphatic heterocycles. The maximum absolute atomic E-state index is 12.5. The van der Waals surface area contributed by atoms with Crippen LogP contribution in [0.15, 0.2) is 54.6 Å². The number of benzene rings is 2. The van der Waals surface area contributed by atoms with Gasteiger partial charge in [0.05, 0.1) is 6.61 Å². The molecule has 2 aromatic carbocycles. The van der Waals surface area contributed by atoms with E-state index in [1.165, 1.54) is 6.42 Å². The van der Waals surface area contributed by atoms with Gasteiger partial charge < -0.3 is 19.7 Å². The number of amides is 1. The smallest absolute Gasteiger partial charge is 0.251 e. The predicted octanol–water partition coefficient (Wildman–Crippen LogP) is 3.50. The zero-order valence-corrected chi connectivity index (χ0v) is 16.9. The predicted molar refractivity (Wildman–Crippen MR) is 113 cm³/mol. The molecule has 2 fully saturated rings. The molecule has 0 spiro atoms. The largest absolute Gasteiger partial charge is 0.490 e. The van der Waals surface area contributed by atoms with Crippen LogP contribution in [0, 0.1) is 5.92 Å². The number of hydrogen-bond donors (Lipinski definition) is 1. The number of carbonyl (C=O) groups excluding carboxylic acids is 1. The Morgan fingerprint density at radius 2 is 1.90 bits per heavy atom. The van der Waals surface area contributed by atoms with Gasteiger partial charge in [0.1, 0.15) is 11.9 Å². The van der Waals surface area contributed by atoms with Gasteiger partial charge in [0, 0.05) is 38.3 Å². The fourth-order valence-corrected chi connectivity index (χ4v) is 4.09. The van der Waals surface area contributed by atoms with E-state index in [1.807, 2.05) is 54.6 Å². The Labute approximate surface area is 173 Å². The maximum atomic E-state index is 12.5. The molecule has 1 atom stereocenters. The van der Waals surface area contributed by atoms with E-state index in [0.29, 0.717) is 18.0 Å². The molecule has 0 radical (unpaired) electrons. The van der Waals surface area contributed by atoms with Gasteiger partial charge in [-0.1, -0.05) is 36.4 Å². The van der Waals surface area contributed by atoms with Crippen LogP contribution in [0.1, 0.15) is 35.2 Å². The van der Waals surface area contributed by atoms with E-state index in [2.05, 4.69) is 10.2 Å². The van der Waals surface area contributed by atoms with Gasteiger partial charge in [-0.3, -0.25) is 4.79 Å². The average molecular weight is 395 g/mol. The molecule has 2 aromatic rings. The topological polar surface area (TPSA) is 50.8 Å². The summed E-state index contributed by atoms with van der Waals surface area (Å²) in [6, 6.07) is 17.4. The molecule has 154 valence electrons. The molecule has 2 heterocycles. The Bertz CT molecular complexity index is 782. The number of hydrogen-bond acceptors (Lipinski definition) is 4. The van der Waals surface area contributed by atoms with Gasteiger partial charge in [-0.15, -0.1) is 0 Å². The Morgan fingerprint density at radius 3 is 2.66 bits per heavy atom. The van der Waals surface area contributed by atoms with Crippen LogP contribution in [0.5, 0.6) is 5.75 Å². The highest BCUT2D eigenvalue weighted by molar-refractivity contribution is 5.94. The van der Waals surface area contributed by atoms with Crippen LogP contribution < -0.4 is 10.1 Å². The van der Waals surface area contributed by atoms with Gasteiger partial charge in [-0.05, 0) is 48.9 Å². The van der Waals surface area contributed by atoms with Crippen molar-refractivity contribution in [3.05, 3.63) is 65.7 Å². The molecule has 0 unspecified atom stereocenters. The minimum atomic E-state index is -0.0760. The first-order valence-electron chi connectivity index (χ1n) is 10.7. The molecular formula is C24H30N2O3. The van der Waals surface area contributed by atoms with Gasteiger partial charge in [0.15, 0.2) is 0 Å². The second-order valence-electron chi connectivity index (χ2n) is 8.04. The van der Waals surface area contributed by atoms with Crippen LogP contribution in [0.3, 0.4) is 0 Å². The monoisotopic (exact) mass is 394 g/mol. The molecule has 0 saturated carbocycles. The standard InChI is InChI=1S/C24H30N2O3/c27-24(25-16-19-5-2-1-3-6-19)21-7-4-8-23(15-21)29-22-9-12-26(13-10-22)17-20-11-14-28-18-20/h1-8,15,20,22H,9-14,16-18H2,(H,25,27)/t20-/m0/s1. The summed E-state index contributed by atoms with van der Waals surface area (Å²) in [6.45, 7) is 5.63. The number of likely N-dealkylation sites (tertiary alicyclic amines) is 1. The summed E-state index contributed by atoms with van der Waals surface area (Å²) in [5, 5.41) is 2.97. The van der Waals surface area contributed by atoms with Crippen molar-refractivity contribution in [3.63, 3.8) is 0 Å². The first-order chi connectivity index (χ1) is 14.3. The molecule has 1 N–H and O–H groups in total. The number of ether oxygens (including phenoxy) is 2. The van der Waals surface area contributed by atoms with Crippen molar-refractivity contribution in [1.82, 2.24) is 10.2 Å². The number of carbonyl (C=O) groups is 1. The summed E-state index contributed by atoms with van der Waals surface area (Å²) >= 11 is 0. The fourth-order valence-electron chi connectivity index (χ4n) is 4.09. The summed E-state index contributed by atoms with van der Waals surface area (Å²) in [7, 11) is 0. The lowest BCUT2D eigenvalue weighted by Crippen LogP contribution is -2.40. The lowest BCUT2D eigenvalue weighted by Gasteiger charge is -2.33. The first-order valence-corrected chi connectivity index (χ1v) is 10.7. The molecule has 4 rings (SSSR count). The second-order valence-corrected chi connectivity index (χ2v) is 8.04. The third-order valence-electron chi connectivity index (χ3n) is 5.77. The van der Waals surface area contributed by atoms with Crippen molar-refractivity contribution < 1.29 is 14.3 Å². The van der Waals surface area contributed by atoms with Crippen molar-refractivity contribution in [3.8, 4) is 5.75 Å². The first kappa shape index (κ1) is 19.9. The summed E-state index contributed by atoms with van der Waals surface area (Å²) in [4.78, 5) is 15.0. The molecule has 0 bridgehead atoms. The Balaban J connectivity index is 1.25. The van der Waals surface area contributed by atoms with Crippen LogP contribution in [0.2, 0.25) is 0 Å². The third-order valence-corrected chi connectivity index (χ3v) is 5.77. The Kier molecular flexibility index (Phi) is 6.80. The molecule has 2 aliphatic rings. The zero-order chi connectivity index (χ0) is 19.9. The van der Waals surface area contributed by atoms with Gasteiger partial charge in [-0.2, -0.15) is 0 Å². The van der Waals surface area contributed by atoms with Crippen LogP contribution in [0.25, 0.3) is 0 Å². The molecular weight excluding hydrogens is 364 g/mol. The normalized spacial score (nSPS) is 20.5. The Hall–Kier alpha value is -2.37. The summed E-state index contributed by atoms with van der Waals surface area (Å²) in [5.74, 6) is 1.39. The van der Waals surface area contributed by atoms with E-state index in [4.69, 9.17) is 9.47 Å². The molecule has 5 heteroatoms. The van der Waals surface area contributed by atoms with Gasteiger partial charge in [0.25, 0.3) is 5.91 Å². The van der Waals surface area contributed by atoms with Crippen LogP contribution >= 0.6 is 0 Å². The number of piperidine rings is 1. The minimum Gasteiger partial charge on any atom is -0.490 e. The molecule has 0 aromatic heterocycles. The Morgan fingerprint density at radius 1 is 1.07 bits per heavy atom. The fraction of sp³-hybridized carbons (Fsp3) is 0.458. The van der Waals surface area contributed by atoms with Crippen LogP contribution in [-0.4, -0.2) is 49.8 Å². The minimum absolute atomic E-state index is 0.0760. The van der Waals surface area contributed by atoms with E-state index < -0.39 is 0 Å². The highest BCUT2D eigenvalue weighted by Gasteiger charge is 2.24. The average Bonchev–Trinajstić information content (AvgIpc) is 3.27. The SMILES string of the molecule is O=C(NCc1ccccc1)c1cccc(OC2CCN(C[C@@H]3CCOC3)CC2)c1. The molecule has 0 aliphatic carbocycles. The van der Waals surface area contributed by atoms with Crippen molar-refractivity contribution >= 4 is 5.91 Å². The zero-order valence-electron chi connectivity index (χ0n) is 16.9. The number of rotatable bonds is 7. The van der Waals surface area contributed by atoms with Crippen LogP contribution in [-0.2, 0) is 11.3 Å². The third kappa shape index (κ3) is 5.81. The highest BCUT2D eigenvalue weighted by atomic mass is 16.5. The molecule has 1 amide bonds. The van der Waals surface area contributed by atoms with E-state index in [0.717, 1.165) is 57.0 Å². The maximum Gasteiger partial charge on any atom is 0.251 e. The van der Waals surface area contributed by atoms with Crippen molar-refractivity contribution in [2.75, 3.05) is 32.8 Å². The summed E-state index contributed by atoms with van der Waals surface area (Å²) in [6.07, 6.45) is 3.46. The van der Waals surface area contributed by atoms with Crippen molar-refractivity contribution in [2.24, 2.45) is 5.92 Å². The summed E-state index contributed by atoms with van der Waals surface area (Å²) in [5.41, 5.74) is 1.72. The lowest BCUT2D eigenvalue weighted by molar-refractivity contribution is 0.0874. The van der Waals surface area contributed by atoms with E-state index in [-0.39, 0.29) is 12.0 Å². The van der Waals surface area contributed by atoms with E-state index >= 15 is 0 Å². The summed E-state index contributed by atoms with van der Waals surface area (Å²) < 4.78 is 11.7. The van der Waals surface area contributed by atoms with Crippen LogP contribution in [0.4, 0.5) is 0 Å². The van der Waals surface area contributed by atoms with E-state index in [9.17, 15) is 4.79 Å². The lowest BCUT2D eigenvalue weighted by atomic mass is 10.0. The molecule has 29 heavy (non-hydrogen) atoms. The van der Waals surface area contributed by atoms with Crippen molar-refractivity contribution in [2.45, 2.75) is 31.9 Å². The van der Waals surface area contributed by atoms with Gasteiger partial charge in [0.2, 0.25) is 0 Å². The number of nitrogens with zero attached hydrogens (tertiary/aromatic N) is 1. The van der Waals surface area contributed by atoms with Crippen molar-refractivity contribution in [1.29, 1.82) is 0 Å². The highest BCUT2D eigenvalue weighted by Crippen LogP contribution is 2.22. The number of nitrogens with one attached hydrogen (secondary N) is 1. The second kappa shape index (κ2) is 9.90. The van der Waals surface area contributed by atoms with Gasteiger partial charge >= 0.3 is 0 Å². The van der Waals surface area contributed by atoms with Gasteiger partial charge in [-0.25, -0.2) is 0 Å². The molecule has 2 saturated heterocycles. The molecule has 5 nitrogen and oxygen atoms in total. The quantitative estimate of drug-likeness (QED) is 0.781.